The van der Waals surface area contributed by atoms with Crippen LogP contribution < -0.4 is 0 Å². The lowest BCUT2D eigenvalue weighted by atomic mass is 10.0. The summed E-state index contributed by atoms with van der Waals surface area (Å²) in [6.07, 6.45) is 3.62. The van der Waals surface area contributed by atoms with Crippen molar-refractivity contribution < 1.29 is 14.3 Å². The summed E-state index contributed by atoms with van der Waals surface area (Å²) in [5, 5.41) is 0. The zero-order valence-corrected chi connectivity index (χ0v) is 15.2. The molecule has 4 nitrogen and oxygen atoms in total. The molecule has 0 unspecified atom stereocenters. The minimum absolute atomic E-state index is 0.0318. The van der Waals surface area contributed by atoms with Gasteiger partial charge in [0.15, 0.2) is 5.78 Å². The number of hydrogen-bond donors (Lipinski definition) is 0. The Morgan fingerprint density at radius 1 is 1.08 bits per heavy atom. The van der Waals surface area contributed by atoms with Crippen molar-refractivity contribution in [3.05, 3.63) is 64.5 Å². The van der Waals surface area contributed by atoms with Crippen molar-refractivity contribution in [3.63, 3.8) is 0 Å². The smallest absolute Gasteiger partial charge is 0.306 e. The van der Waals surface area contributed by atoms with Gasteiger partial charge >= 0.3 is 5.97 Å². The second-order valence-electron chi connectivity index (χ2n) is 6.22. The van der Waals surface area contributed by atoms with Crippen molar-refractivity contribution in [3.8, 4) is 0 Å². The number of Topliss-reactive ketones (excluding diaryl/α,β-unsaturated/α-hetero) is 1. The van der Waals surface area contributed by atoms with E-state index in [1.807, 2.05) is 44.3 Å². The van der Waals surface area contributed by atoms with Crippen LogP contribution in [-0.2, 0) is 22.4 Å². The standard InChI is InChI=1S/C21H25NO3/c1-4-17-5-7-18(8-6-17)20(23)9-10-21(24)25-12-11-19-16(3)13-15(2)14-22-19/h5-8,13-14H,4,9-12H2,1-3H3. The highest BCUT2D eigenvalue weighted by atomic mass is 16.5. The Hall–Kier alpha value is -2.49. The van der Waals surface area contributed by atoms with E-state index in [9.17, 15) is 9.59 Å². The van der Waals surface area contributed by atoms with E-state index in [1.54, 1.807) is 0 Å². The molecule has 0 spiro atoms. The van der Waals surface area contributed by atoms with Crippen LogP contribution in [0.5, 0.6) is 0 Å². The Kier molecular flexibility index (Phi) is 6.87. The fourth-order valence-electron chi connectivity index (χ4n) is 2.63. The van der Waals surface area contributed by atoms with Gasteiger partial charge in [-0.05, 0) is 37.0 Å². The highest BCUT2D eigenvalue weighted by molar-refractivity contribution is 5.97. The number of nitrogens with zero attached hydrogens (tertiary/aromatic N) is 1. The van der Waals surface area contributed by atoms with Gasteiger partial charge in [-0.25, -0.2) is 0 Å². The molecule has 0 fully saturated rings. The van der Waals surface area contributed by atoms with Gasteiger partial charge in [0.25, 0.3) is 0 Å². The molecule has 0 aliphatic carbocycles. The van der Waals surface area contributed by atoms with Gasteiger partial charge in [0.1, 0.15) is 0 Å². The second-order valence-corrected chi connectivity index (χ2v) is 6.22. The van der Waals surface area contributed by atoms with Gasteiger partial charge in [-0.3, -0.25) is 14.6 Å². The van der Waals surface area contributed by atoms with Crippen molar-refractivity contribution in [1.29, 1.82) is 0 Å². The Bertz CT molecular complexity index is 735. The molecule has 0 radical (unpaired) electrons. The topological polar surface area (TPSA) is 56.3 Å². The number of esters is 1. The molecule has 0 N–H and O–H groups in total. The van der Waals surface area contributed by atoms with Crippen LogP contribution in [0.4, 0.5) is 0 Å². The summed E-state index contributed by atoms with van der Waals surface area (Å²) < 4.78 is 5.22. The highest BCUT2D eigenvalue weighted by Crippen LogP contribution is 2.10. The van der Waals surface area contributed by atoms with Crippen LogP contribution in [0.1, 0.15) is 52.5 Å². The van der Waals surface area contributed by atoms with Crippen LogP contribution in [0.3, 0.4) is 0 Å². The van der Waals surface area contributed by atoms with Crippen LogP contribution in [0, 0.1) is 13.8 Å². The lowest BCUT2D eigenvalue weighted by Gasteiger charge is -2.07. The molecule has 0 saturated carbocycles. The molecule has 2 aromatic rings. The summed E-state index contributed by atoms with van der Waals surface area (Å²) in [6.45, 7) is 6.35. The average molecular weight is 339 g/mol. The zero-order valence-electron chi connectivity index (χ0n) is 15.2. The number of benzene rings is 1. The first-order chi connectivity index (χ1) is 12.0. The van der Waals surface area contributed by atoms with Crippen molar-refractivity contribution in [1.82, 2.24) is 4.98 Å². The molecule has 0 aliphatic rings. The van der Waals surface area contributed by atoms with E-state index < -0.39 is 0 Å². The number of rotatable bonds is 8. The van der Waals surface area contributed by atoms with E-state index in [0.717, 1.165) is 23.2 Å². The fourth-order valence-corrected chi connectivity index (χ4v) is 2.63. The minimum Gasteiger partial charge on any atom is -0.465 e. The molecule has 1 heterocycles. The monoisotopic (exact) mass is 339 g/mol. The number of carbonyl (C=O) groups is 2. The summed E-state index contributed by atoms with van der Waals surface area (Å²) >= 11 is 0. The number of ketones is 1. The van der Waals surface area contributed by atoms with Crippen molar-refractivity contribution >= 4 is 11.8 Å². The molecule has 132 valence electrons. The van der Waals surface area contributed by atoms with E-state index in [4.69, 9.17) is 4.74 Å². The normalized spacial score (nSPS) is 10.5. The van der Waals surface area contributed by atoms with Gasteiger partial charge in [-0.15, -0.1) is 0 Å². The maximum Gasteiger partial charge on any atom is 0.306 e. The van der Waals surface area contributed by atoms with E-state index >= 15 is 0 Å². The zero-order chi connectivity index (χ0) is 18.2. The summed E-state index contributed by atoms with van der Waals surface area (Å²) in [5.74, 6) is -0.376. The van der Waals surface area contributed by atoms with Gasteiger partial charge in [-0.2, -0.15) is 0 Å². The number of hydrogen-bond acceptors (Lipinski definition) is 4. The van der Waals surface area contributed by atoms with Crippen LogP contribution in [0.2, 0.25) is 0 Å². The molecular weight excluding hydrogens is 314 g/mol. The number of carbonyl (C=O) groups excluding carboxylic acids is 2. The quantitative estimate of drug-likeness (QED) is 0.538. The van der Waals surface area contributed by atoms with Crippen LogP contribution in [-0.4, -0.2) is 23.3 Å². The van der Waals surface area contributed by atoms with Gasteiger partial charge in [-0.1, -0.05) is 37.3 Å². The third-order valence-corrected chi connectivity index (χ3v) is 4.17. The molecule has 0 bridgehead atoms. The summed E-state index contributed by atoms with van der Waals surface area (Å²) in [6, 6.07) is 9.59. The van der Waals surface area contributed by atoms with Gasteiger partial charge < -0.3 is 4.74 Å². The first-order valence-electron chi connectivity index (χ1n) is 8.69. The van der Waals surface area contributed by atoms with E-state index in [-0.39, 0.29) is 31.2 Å². The molecule has 0 atom stereocenters. The van der Waals surface area contributed by atoms with E-state index in [1.165, 1.54) is 5.56 Å². The molecule has 0 saturated heterocycles. The molecule has 1 aromatic carbocycles. The highest BCUT2D eigenvalue weighted by Gasteiger charge is 2.11. The van der Waals surface area contributed by atoms with Gasteiger partial charge in [0.05, 0.1) is 13.0 Å². The SMILES string of the molecule is CCc1ccc(C(=O)CCC(=O)OCCc2ncc(C)cc2C)cc1. The Labute approximate surface area is 149 Å². The lowest BCUT2D eigenvalue weighted by Crippen LogP contribution is -2.11. The lowest BCUT2D eigenvalue weighted by molar-refractivity contribution is -0.143. The Morgan fingerprint density at radius 2 is 1.80 bits per heavy atom. The van der Waals surface area contributed by atoms with Crippen LogP contribution in [0.15, 0.2) is 36.5 Å². The number of pyridine rings is 1. The molecule has 4 heteroatoms. The minimum atomic E-state index is -0.344. The number of aryl methyl sites for hydroxylation is 3. The van der Waals surface area contributed by atoms with E-state index in [2.05, 4.69) is 18.0 Å². The van der Waals surface area contributed by atoms with Gasteiger partial charge in [0.2, 0.25) is 0 Å². The van der Waals surface area contributed by atoms with Crippen molar-refractivity contribution in [2.24, 2.45) is 0 Å². The average Bonchev–Trinajstić information content (AvgIpc) is 2.61. The summed E-state index contributed by atoms with van der Waals surface area (Å²) in [5.41, 5.74) is 4.98. The predicted molar refractivity (Wildman–Crippen MR) is 97.8 cm³/mol. The first-order valence-corrected chi connectivity index (χ1v) is 8.69. The van der Waals surface area contributed by atoms with Gasteiger partial charge in [0, 0.05) is 30.3 Å². The molecule has 0 amide bonds. The maximum atomic E-state index is 12.1. The van der Waals surface area contributed by atoms with Crippen molar-refractivity contribution in [2.45, 2.75) is 46.5 Å². The largest absolute Gasteiger partial charge is 0.465 e. The Balaban J connectivity index is 1.73. The third-order valence-electron chi connectivity index (χ3n) is 4.17. The predicted octanol–water partition coefficient (Wildman–Crippen LogP) is 4.01. The Morgan fingerprint density at radius 3 is 2.44 bits per heavy atom. The maximum absolute atomic E-state index is 12.1. The molecule has 0 aliphatic heterocycles. The molecule has 2 rings (SSSR count). The fraction of sp³-hybridized carbons (Fsp3) is 0.381. The second kappa shape index (κ2) is 9.11. The summed E-state index contributed by atoms with van der Waals surface area (Å²) in [4.78, 5) is 28.3. The third kappa shape index (κ3) is 5.82. The number of ether oxygens (including phenoxy) is 1. The summed E-state index contributed by atoms with van der Waals surface area (Å²) in [7, 11) is 0. The van der Waals surface area contributed by atoms with E-state index in [0.29, 0.717) is 12.0 Å². The first kappa shape index (κ1) is 18.8. The molecule has 1 aromatic heterocycles. The van der Waals surface area contributed by atoms with Crippen LogP contribution >= 0.6 is 0 Å². The molecular formula is C21H25NO3. The molecule has 25 heavy (non-hydrogen) atoms. The van der Waals surface area contributed by atoms with Crippen LogP contribution in [0.25, 0.3) is 0 Å². The number of aromatic nitrogens is 1. The van der Waals surface area contributed by atoms with Crippen molar-refractivity contribution in [2.75, 3.05) is 6.61 Å².